The van der Waals surface area contributed by atoms with Crippen molar-refractivity contribution in [1.82, 2.24) is 5.43 Å². The summed E-state index contributed by atoms with van der Waals surface area (Å²) in [5, 5.41) is 6.12. The van der Waals surface area contributed by atoms with Crippen molar-refractivity contribution >= 4 is 28.9 Å². The maximum Gasteiger partial charge on any atom is 0.343 e. The van der Waals surface area contributed by atoms with Crippen LogP contribution in [0.3, 0.4) is 0 Å². The van der Waals surface area contributed by atoms with Gasteiger partial charge in [0.2, 0.25) is 0 Å². The molecule has 4 rings (SSSR count). The minimum absolute atomic E-state index is 0.368. The van der Waals surface area contributed by atoms with Gasteiger partial charge in [-0.15, -0.1) is 0 Å². The molecule has 1 atom stereocenters. The van der Waals surface area contributed by atoms with Crippen LogP contribution < -0.4 is 14.9 Å². The van der Waals surface area contributed by atoms with E-state index in [9.17, 15) is 9.59 Å². The zero-order chi connectivity index (χ0) is 23.0. The van der Waals surface area contributed by atoms with E-state index < -0.39 is 12.1 Å². The lowest BCUT2D eigenvalue weighted by atomic mass is 10.1. The number of nitrogens with zero attached hydrogens (tertiary/aromatic N) is 1. The Bertz CT molecular complexity index is 1280. The summed E-state index contributed by atoms with van der Waals surface area (Å²) >= 11 is 0. The van der Waals surface area contributed by atoms with Crippen molar-refractivity contribution in [2.75, 3.05) is 0 Å². The molecule has 0 saturated heterocycles. The Kier molecular flexibility index (Phi) is 6.75. The van der Waals surface area contributed by atoms with Crippen molar-refractivity contribution in [3.63, 3.8) is 0 Å². The lowest BCUT2D eigenvalue weighted by molar-refractivity contribution is -0.127. The van der Waals surface area contributed by atoms with Gasteiger partial charge in [0.25, 0.3) is 5.91 Å². The normalized spacial score (nSPS) is 11.8. The van der Waals surface area contributed by atoms with Crippen molar-refractivity contribution in [2.24, 2.45) is 5.10 Å². The van der Waals surface area contributed by atoms with Crippen LogP contribution in [0.1, 0.15) is 22.8 Å². The average Bonchev–Trinajstić information content (AvgIpc) is 2.85. The standard InChI is InChI=1S/C27H22N2O4/c1-19(32-25-16-13-21-7-5-6-10-23(21)17-25)26(30)29-28-18-20-11-14-24(15-12-20)33-27(31)22-8-3-2-4-9-22/h2-19H,1H3,(H,29,30). The predicted molar refractivity (Wildman–Crippen MR) is 128 cm³/mol. The second-order valence-electron chi connectivity index (χ2n) is 7.33. The molecule has 1 unspecified atom stereocenters. The van der Waals surface area contributed by atoms with Crippen LogP contribution >= 0.6 is 0 Å². The number of fused-ring (bicyclic) bond motifs is 1. The summed E-state index contributed by atoms with van der Waals surface area (Å²) in [6.45, 7) is 1.66. The van der Waals surface area contributed by atoms with Crippen molar-refractivity contribution in [2.45, 2.75) is 13.0 Å². The molecule has 0 aromatic heterocycles. The Morgan fingerprint density at radius 1 is 0.818 bits per heavy atom. The fourth-order valence-corrected chi connectivity index (χ4v) is 3.12. The molecule has 0 heterocycles. The zero-order valence-corrected chi connectivity index (χ0v) is 18.0. The highest BCUT2D eigenvalue weighted by molar-refractivity contribution is 5.91. The van der Waals surface area contributed by atoms with Gasteiger partial charge in [-0.05, 0) is 71.8 Å². The number of hydrogen-bond acceptors (Lipinski definition) is 5. The van der Waals surface area contributed by atoms with Gasteiger partial charge in [-0.1, -0.05) is 48.5 Å². The summed E-state index contributed by atoms with van der Waals surface area (Å²) in [7, 11) is 0. The minimum atomic E-state index is -0.719. The van der Waals surface area contributed by atoms with E-state index in [1.165, 1.54) is 6.21 Å². The number of benzene rings is 4. The lowest BCUT2D eigenvalue weighted by Crippen LogP contribution is -2.33. The number of hydrogen-bond donors (Lipinski definition) is 1. The molecule has 4 aromatic carbocycles. The largest absolute Gasteiger partial charge is 0.481 e. The van der Waals surface area contributed by atoms with Gasteiger partial charge in [0.05, 0.1) is 11.8 Å². The number of amides is 1. The number of carbonyl (C=O) groups is 2. The number of esters is 1. The first-order valence-electron chi connectivity index (χ1n) is 10.4. The first-order chi connectivity index (χ1) is 16.1. The van der Waals surface area contributed by atoms with E-state index in [1.807, 2.05) is 48.5 Å². The Hall–Kier alpha value is -4.45. The fourth-order valence-electron chi connectivity index (χ4n) is 3.12. The highest BCUT2D eigenvalue weighted by atomic mass is 16.5. The SMILES string of the molecule is CC(Oc1ccc2ccccc2c1)C(=O)NN=Cc1ccc(OC(=O)c2ccccc2)cc1. The van der Waals surface area contributed by atoms with Gasteiger partial charge < -0.3 is 9.47 Å². The number of carbonyl (C=O) groups excluding carboxylic acids is 2. The molecular formula is C27H22N2O4. The monoisotopic (exact) mass is 438 g/mol. The second kappa shape index (κ2) is 10.2. The third-order valence-electron chi connectivity index (χ3n) is 4.89. The highest BCUT2D eigenvalue weighted by Crippen LogP contribution is 2.21. The van der Waals surface area contributed by atoms with Gasteiger partial charge in [-0.2, -0.15) is 5.10 Å². The number of ether oxygens (including phenoxy) is 2. The van der Waals surface area contributed by atoms with Crippen LogP contribution in [0, 0.1) is 0 Å². The smallest absolute Gasteiger partial charge is 0.343 e. The molecule has 1 N–H and O–H groups in total. The third kappa shape index (κ3) is 5.83. The minimum Gasteiger partial charge on any atom is -0.481 e. The molecule has 1 amide bonds. The summed E-state index contributed by atoms with van der Waals surface area (Å²) in [6.07, 6.45) is 0.784. The van der Waals surface area contributed by atoms with E-state index in [1.54, 1.807) is 55.5 Å². The van der Waals surface area contributed by atoms with Gasteiger partial charge in [-0.25, -0.2) is 10.2 Å². The quantitative estimate of drug-likeness (QED) is 0.191. The van der Waals surface area contributed by atoms with Gasteiger partial charge in [0.1, 0.15) is 11.5 Å². The molecule has 0 aliphatic heterocycles. The third-order valence-corrected chi connectivity index (χ3v) is 4.89. The predicted octanol–water partition coefficient (Wildman–Crippen LogP) is 4.98. The molecule has 0 aliphatic carbocycles. The van der Waals surface area contributed by atoms with E-state index in [0.29, 0.717) is 17.1 Å². The Labute approximate surface area is 191 Å². The molecular weight excluding hydrogens is 416 g/mol. The maximum absolute atomic E-state index is 12.3. The first-order valence-corrected chi connectivity index (χ1v) is 10.4. The van der Waals surface area contributed by atoms with E-state index >= 15 is 0 Å². The molecule has 164 valence electrons. The summed E-state index contributed by atoms with van der Waals surface area (Å²) in [5.41, 5.74) is 3.69. The van der Waals surface area contributed by atoms with Crippen LogP contribution in [0.5, 0.6) is 11.5 Å². The van der Waals surface area contributed by atoms with Gasteiger partial charge in [-0.3, -0.25) is 4.79 Å². The fraction of sp³-hybridized carbons (Fsp3) is 0.0741. The van der Waals surface area contributed by atoms with Crippen LogP contribution in [0.25, 0.3) is 10.8 Å². The number of nitrogens with one attached hydrogen (secondary N) is 1. The number of rotatable bonds is 7. The number of hydrazone groups is 1. The molecule has 0 fully saturated rings. The van der Waals surface area contributed by atoms with Gasteiger partial charge >= 0.3 is 5.97 Å². The molecule has 4 aromatic rings. The molecule has 0 aliphatic rings. The van der Waals surface area contributed by atoms with Crippen molar-refractivity contribution in [3.05, 3.63) is 108 Å². The van der Waals surface area contributed by atoms with Crippen LogP contribution in [0.2, 0.25) is 0 Å². The molecule has 33 heavy (non-hydrogen) atoms. The molecule has 0 spiro atoms. The topological polar surface area (TPSA) is 77.0 Å². The van der Waals surface area contributed by atoms with Crippen LogP contribution in [-0.2, 0) is 4.79 Å². The molecule has 6 nitrogen and oxygen atoms in total. The van der Waals surface area contributed by atoms with Crippen molar-refractivity contribution in [1.29, 1.82) is 0 Å². The lowest BCUT2D eigenvalue weighted by Gasteiger charge is -2.13. The summed E-state index contributed by atoms with van der Waals surface area (Å²) in [5.74, 6) is 0.237. The first kappa shape index (κ1) is 21.8. The molecule has 0 saturated carbocycles. The summed E-state index contributed by atoms with van der Waals surface area (Å²) in [4.78, 5) is 24.4. The maximum atomic E-state index is 12.3. The zero-order valence-electron chi connectivity index (χ0n) is 18.0. The van der Waals surface area contributed by atoms with E-state index in [4.69, 9.17) is 9.47 Å². The van der Waals surface area contributed by atoms with Crippen LogP contribution in [0.15, 0.2) is 102 Å². The van der Waals surface area contributed by atoms with Crippen molar-refractivity contribution in [3.8, 4) is 11.5 Å². The molecule has 0 radical (unpaired) electrons. The summed E-state index contributed by atoms with van der Waals surface area (Å²) < 4.78 is 11.1. The Balaban J connectivity index is 1.28. The molecule has 0 bridgehead atoms. The molecule has 6 heteroatoms. The Morgan fingerprint density at radius 2 is 1.48 bits per heavy atom. The van der Waals surface area contributed by atoms with Crippen LogP contribution in [-0.4, -0.2) is 24.2 Å². The van der Waals surface area contributed by atoms with E-state index in [-0.39, 0.29) is 5.91 Å². The van der Waals surface area contributed by atoms with Crippen LogP contribution in [0.4, 0.5) is 0 Å². The Morgan fingerprint density at radius 3 is 2.24 bits per heavy atom. The second-order valence-corrected chi connectivity index (χ2v) is 7.33. The van der Waals surface area contributed by atoms with Crippen molar-refractivity contribution < 1.29 is 19.1 Å². The van der Waals surface area contributed by atoms with Gasteiger partial charge in [0.15, 0.2) is 6.10 Å². The van der Waals surface area contributed by atoms with E-state index in [0.717, 1.165) is 16.3 Å². The summed E-state index contributed by atoms with van der Waals surface area (Å²) in [6, 6.07) is 29.2. The van der Waals surface area contributed by atoms with Gasteiger partial charge in [0, 0.05) is 0 Å². The average molecular weight is 438 g/mol. The van der Waals surface area contributed by atoms with E-state index in [2.05, 4.69) is 10.5 Å². The highest BCUT2D eigenvalue weighted by Gasteiger charge is 2.14.